The number of Topliss-reactive ketones (excluding diaryl/α,β-unsaturated/α-hetero) is 1. The minimum Gasteiger partial charge on any atom is -0.377 e. The van der Waals surface area contributed by atoms with Crippen molar-refractivity contribution >= 4 is 28.7 Å². The number of fused-ring (bicyclic) bond motifs is 1. The quantitative estimate of drug-likeness (QED) is 0.432. The number of aromatic nitrogens is 5. The Bertz CT molecular complexity index is 1290. The summed E-state index contributed by atoms with van der Waals surface area (Å²) in [6.07, 6.45) is 1.42. The van der Waals surface area contributed by atoms with Crippen LogP contribution >= 0.6 is 0 Å². The molecule has 1 atom stereocenters. The molecule has 0 spiro atoms. The fraction of sp³-hybridized carbons (Fsp3) is 0.593. The maximum Gasteiger partial charge on any atom is 0.296 e. The number of morpholine rings is 1. The minimum absolute atomic E-state index is 0.0195. The van der Waals surface area contributed by atoms with Crippen molar-refractivity contribution in [2.24, 2.45) is 5.92 Å². The number of alkyl halides is 2. The van der Waals surface area contributed by atoms with Crippen LogP contribution in [0, 0.1) is 5.92 Å². The van der Waals surface area contributed by atoms with Crippen molar-refractivity contribution in [3.63, 3.8) is 0 Å². The number of halogens is 2. The van der Waals surface area contributed by atoms with E-state index in [1.807, 2.05) is 30.8 Å². The molecule has 3 heterocycles. The lowest BCUT2D eigenvalue weighted by atomic mass is 9.83. The number of hydrogen-bond acceptors (Lipinski definition) is 9. The second-order valence-electron chi connectivity index (χ2n) is 10.8. The molecule has 2 aliphatic rings. The first kappa shape index (κ1) is 27.3. The van der Waals surface area contributed by atoms with Crippen LogP contribution in [0.4, 0.5) is 20.7 Å². The number of anilines is 2. The fourth-order valence-electron chi connectivity index (χ4n) is 5.51. The first-order valence-electron chi connectivity index (χ1n) is 13.6. The lowest BCUT2D eigenvalue weighted by Crippen LogP contribution is -2.45. The smallest absolute Gasteiger partial charge is 0.296 e. The molecule has 12 heteroatoms. The molecular formula is C27H36F2N8O2. The van der Waals surface area contributed by atoms with Crippen molar-refractivity contribution < 1.29 is 18.3 Å². The molecule has 0 radical (unpaired) electrons. The number of nitrogens with zero attached hydrogens (tertiary/aromatic N) is 7. The van der Waals surface area contributed by atoms with E-state index in [4.69, 9.17) is 9.72 Å². The number of likely N-dealkylation sites (N-methyl/N-ethyl adjacent to an activating group) is 1. The standard InChI is InChI=1S/C27H36F2N8O2/c1-17-16-39-13-12-36(17)26-32-25(30-19-10-8-18(9-11-19)14-20(38)15-35(2)3)33-27(34-26)37-22-7-5-4-6-21(22)31-24(37)23(28)29/h4-7,17-19,23H,8-16H2,1-3H3,(H,30,32,33,34)/t17-,18?,19?/m1/s1. The minimum atomic E-state index is -2.80. The lowest BCUT2D eigenvalue weighted by Gasteiger charge is -2.34. The van der Waals surface area contributed by atoms with Crippen molar-refractivity contribution in [3.8, 4) is 5.95 Å². The van der Waals surface area contributed by atoms with Crippen LogP contribution in [0.3, 0.4) is 0 Å². The molecule has 1 aliphatic carbocycles. The molecular weight excluding hydrogens is 506 g/mol. The highest BCUT2D eigenvalue weighted by Crippen LogP contribution is 2.31. The number of ether oxygens (including phenoxy) is 1. The van der Waals surface area contributed by atoms with Crippen molar-refractivity contribution in [2.75, 3.05) is 50.6 Å². The van der Waals surface area contributed by atoms with Gasteiger partial charge in [-0.15, -0.1) is 0 Å². The van der Waals surface area contributed by atoms with Crippen molar-refractivity contribution in [1.29, 1.82) is 0 Å². The number of ketones is 1. The van der Waals surface area contributed by atoms with E-state index >= 15 is 0 Å². The molecule has 2 fully saturated rings. The molecule has 1 saturated heterocycles. The van der Waals surface area contributed by atoms with Crippen LogP contribution in [0.5, 0.6) is 0 Å². The molecule has 3 aromatic rings. The summed E-state index contributed by atoms with van der Waals surface area (Å²) < 4.78 is 35.1. The zero-order chi connectivity index (χ0) is 27.5. The number of hydrogen-bond donors (Lipinski definition) is 1. The van der Waals surface area contributed by atoms with Crippen LogP contribution in [-0.4, -0.2) is 87.7 Å². The van der Waals surface area contributed by atoms with Gasteiger partial charge in [0.15, 0.2) is 5.82 Å². The molecule has 2 aromatic heterocycles. The molecule has 5 rings (SSSR count). The van der Waals surface area contributed by atoms with Gasteiger partial charge in [0.05, 0.1) is 36.8 Å². The van der Waals surface area contributed by atoms with Gasteiger partial charge >= 0.3 is 0 Å². The maximum absolute atomic E-state index is 14.1. The third-order valence-electron chi connectivity index (χ3n) is 7.41. The lowest BCUT2D eigenvalue weighted by molar-refractivity contribution is -0.120. The molecule has 210 valence electrons. The highest BCUT2D eigenvalue weighted by molar-refractivity contribution is 5.80. The Morgan fingerprint density at radius 1 is 1.10 bits per heavy atom. The van der Waals surface area contributed by atoms with Crippen LogP contribution < -0.4 is 10.2 Å². The summed E-state index contributed by atoms with van der Waals surface area (Å²) >= 11 is 0. The average Bonchev–Trinajstić information content (AvgIpc) is 3.30. The van der Waals surface area contributed by atoms with E-state index in [9.17, 15) is 13.6 Å². The summed E-state index contributed by atoms with van der Waals surface area (Å²) in [6.45, 7) is 4.13. The van der Waals surface area contributed by atoms with Crippen molar-refractivity contribution in [2.45, 2.75) is 57.5 Å². The zero-order valence-electron chi connectivity index (χ0n) is 22.7. The second-order valence-corrected chi connectivity index (χ2v) is 10.8. The van der Waals surface area contributed by atoms with Gasteiger partial charge in [-0.25, -0.2) is 13.8 Å². The topological polar surface area (TPSA) is 101 Å². The highest BCUT2D eigenvalue weighted by Gasteiger charge is 2.28. The van der Waals surface area contributed by atoms with Gasteiger partial charge in [0, 0.05) is 19.0 Å². The summed E-state index contributed by atoms with van der Waals surface area (Å²) in [7, 11) is 3.81. The monoisotopic (exact) mass is 542 g/mol. The molecule has 1 aromatic carbocycles. The first-order chi connectivity index (χ1) is 18.8. The largest absolute Gasteiger partial charge is 0.377 e. The second kappa shape index (κ2) is 11.9. The maximum atomic E-state index is 14.1. The Labute approximate surface area is 226 Å². The fourth-order valence-corrected chi connectivity index (χ4v) is 5.51. The van der Waals surface area contributed by atoms with Gasteiger partial charge < -0.3 is 19.9 Å². The number of para-hydroxylation sites is 2. The number of carbonyl (C=O) groups is 1. The summed E-state index contributed by atoms with van der Waals surface area (Å²) in [6, 6.07) is 7.12. The molecule has 39 heavy (non-hydrogen) atoms. The molecule has 0 unspecified atom stereocenters. The molecule has 10 nitrogen and oxygen atoms in total. The SMILES string of the molecule is C[C@@H]1COCCN1c1nc(NC2CCC(CC(=O)CN(C)C)CC2)nc(-n2c(C(F)F)nc3ccccc32)n1. The van der Waals surface area contributed by atoms with Gasteiger partial charge in [-0.2, -0.15) is 15.0 Å². The first-order valence-corrected chi connectivity index (χ1v) is 13.6. The third kappa shape index (κ3) is 6.33. The van der Waals surface area contributed by atoms with Gasteiger partial charge in [-0.05, 0) is 64.8 Å². The Morgan fingerprint density at radius 3 is 2.56 bits per heavy atom. The van der Waals surface area contributed by atoms with E-state index in [-0.39, 0.29) is 23.8 Å². The van der Waals surface area contributed by atoms with E-state index in [1.165, 1.54) is 4.57 Å². The molecule has 1 saturated carbocycles. The third-order valence-corrected chi connectivity index (χ3v) is 7.41. The molecule has 0 amide bonds. The van der Waals surface area contributed by atoms with Gasteiger partial charge in [-0.1, -0.05) is 12.1 Å². The van der Waals surface area contributed by atoms with E-state index in [2.05, 4.69) is 20.3 Å². The number of carbonyl (C=O) groups excluding carboxylic acids is 1. The Morgan fingerprint density at radius 2 is 1.85 bits per heavy atom. The predicted octanol–water partition coefficient (Wildman–Crippen LogP) is 3.86. The van der Waals surface area contributed by atoms with E-state index in [0.29, 0.717) is 61.6 Å². The summed E-state index contributed by atoms with van der Waals surface area (Å²) in [5.41, 5.74) is 0.958. The van der Waals surface area contributed by atoms with Crippen LogP contribution in [0.25, 0.3) is 17.0 Å². The van der Waals surface area contributed by atoms with Gasteiger partial charge in [0.25, 0.3) is 6.43 Å². The number of rotatable bonds is 9. The van der Waals surface area contributed by atoms with Crippen LogP contribution in [0.2, 0.25) is 0 Å². The molecule has 1 aliphatic heterocycles. The number of imidazole rings is 1. The zero-order valence-corrected chi connectivity index (χ0v) is 22.7. The average molecular weight is 543 g/mol. The van der Waals surface area contributed by atoms with Crippen LogP contribution in [-0.2, 0) is 9.53 Å². The van der Waals surface area contributed by atoms with Gasteiger partial charge in [-0.3, -0.25) is 9.36 Å². The van der Waals surface area contributed by atoms with Crippen LogP contribution in [0.1, 0.15) is 51.3 Å². The molecule has 0 bridgehead atoms. The van der Waals surface area contributed by atoms with Crippen molar-refractivity contribution in [3.05, 3.63) is 30.1 Å². The van der Waals surface area contributed by atoms with Crippen LogP contribution in [0.15, 0.2) is 24.3 Å². The van der Waals surface area contributed by atoms with Gasteiger partial charge in [0.1, 0.15) is 5.78 Å². The van der Waals surface area contributed by atoms with Gasteiger partial charge in [0.2, 0.25) is 17.8 Å². The van der Waals surface area contributed by atoms with Crippen molar-refractivity contribution in [1.82, 2.24) is 29.4 Å². The summed E-state index contributed by atoms with van der Waals surface area (Å²) in [5, 5.41) is 3.45. The summed E-state index contributed by atoms with van der Waals surface area (Å²) in [5.74, 6) is 1.11. The predicted molar refractivity (Wildman–Crippen MR) is 145 cm³/mol. The number of nitrogens with one attached hydrogen (secondary N) is 1. The normalized spacial score (nSPS) is 22.1. The Balaban J connectivity index is 1.43. The van der Waals surface area contributed by atoms with E-state index in [0.717, 1.165) is 25.7 Å². The Hall–Kier alpha value is -3.25. The number of benzene rings is 1. The Kier molecular flexibility index (Phi) is 8.31. The van der Waals surface area contributed by atoms with E-state index in [1.54, 1.807) is 24.3 Å². The van der Waals surface area contributed by atoms with E-state index < -0.39 is 12.2 Å². The molecule has 1 N–H and O–H groups in total. The highest BCUT2D eigenvalue weighted by atomic mass is 19.3. The summed E-state index contributed by atoms with van der Waals surface area (Å²) in [4.78, 5) is 34.4.